The Balaban J connectivity index is 1.72. The van der Waals surface area contributed by atoms with Gasteiger partial charge >= 0.3 is 0 Å². The fourth-order valence-corrected chi connectivity index (χ4v) is 5.44. The Morgan fingerprint density at radius 2 is 1.79 bits per heavy atom. The predicted molar refractivity (Wildman–Crippen MR) is 104 cm³/mol. The molecule has 1 saturated heterocycles. The number of hydrogen-bond acceptors (Lipinski definition) is 8. The molecule has 0 radical (unpaired) electrons. The molecule has 1 heterocycles. The molecular weight excluding hydrogens is 380 g/mol. The van der Waals surface area contributed by atoms with Crippen LogP contribution in [0.2, 0.25) is 0 Å². The maximum absolute atomic E-state index is 10.3. The lowest BCUT2D eigenvalue weighted by Gasteiger charge is -2.54. The Morgan fingerprint density at radius 1 is 1.14 bits per heavy atom. The summed E-state index contributed by atoms with van der Waals surface area (Å²) in [6.07, 6.45) is -5.36. The first kappa shape index (κ1) is 23.1. The van der Waals surface area contributed by atoms with Crippen LogP contribution in [0.3, 0.4) is 0 Å². The van der Waals surface area contributed by atoms with Crippen molar-refractivity contribution in [3.63, 3.8) is 0 Å². The molecule has 10 atom stereocenters. The third-order valence-corrected chi connectivity index (χ3v) is 7.54. The van der Waals surface area contributed by atoms with Crippen LogP contribution < -0.4 is 0 Å². The van der Waals surface area contributed by atoms with Gasteiger partial charge in [0.15, 0.2) is 6.29 Å². The van der Waals surface area contributed by atoms with E-state index in [4.69, 9.17) is 9.47 Å². The minimum absolute atomic E-state index is 0.0392. The summed E-state index contributed by atoms with van der Waals surface area (Å²) in [4.78, 5) is 0. The first-order chi connectivity index (χ1) is 13.4. The van der Waals surface area contributed by atoms with Gasteiger partial charge in [0.1, 0.15) is 30.5 Å². The van der Waals surface area contributed by atoms with E-state index in [0.29, 0.717) is 18.4 Å². The van der Waals surface area contributed by atoms with Gasteiger partial charge in [-0.05, 0) is 62.4 Å². The highest BCUT2D eigenvalue weighted by Crippen LogP contribution is 2.55. The quantitative estimate of drug-likeness (QED) is 0.343. The second-order valence-electron chi connectivity index (χ2n) is 9.89. The third kappa shape index (κ3) is 4.14. The van der Waals surface area contributed by atoms with Crippen LogP contribution in [-0.2, 0) is 9.47 Å². The first-order valence-electron chi connectivity index (χ1n) is 10.4. The Kier molecular flexibility index (Phi) is 6.50. The van der Waals surface area contributed by atoms with E-state index in [2.05, 4.69) is 13.5 Å². The van der Waals surface area contributed by atoms with Crippen molar-refractivity contribution in [2.24, 2.45) is 17.3 Å². The SMILES string of the molecule is C=C1[C@@H](O)[C@H](O)C[C@]2(C)CC[C@@H](C(C)(C)O[C@@H]3O[C@H](CO)[C@@H](O)[C@H](O)[C@H]3O)C[C@@H]12. The lowest BCUT2D eigenvalue weighted by atomic mass is 9.54. The van der Waals surface area contributed by atoms with E-state index in [1.54, 1.807) is 0 Å². The Morgan fingerprint density at radius 3 is 2.41 bits per heavy atom. The first-order valence-corrected chi connectivity index (χ1v) is 10.4. The summed E-state index contributed by atoms with van der Waals surface area (Å²) < 4.78 is 11.6. The highest BCUT2D eigenvalue weighted by Gasteiger charge is 2.53. The molecule has 3 aliphatic rings. The predicted octanol–water partition coefficient (Wildman–Crippen LogP) is -0.314. The molecule has 0 aromatic rings. The van der Waals surface area contributed by atoms with E-state index < -0.39 is 55.1 Å². The van der Waals surface area contributed by atoms with Gasteiger partial charge in [0.25, 0.3) is 0 Å². The number of rotatable bonds is 4. The fraction of sp³-hybridized carbons (Fsp3) is 0.905. The van der Waals surface area contributed by atoms with E-state index in [0.717, 1.165) is 12.8 Å². The summed E-state index contributed by atoms with van der Waals surface area (Å²) in [5.41, 5.74) is -0.221. The largest absolute Gasteiger partial charge is 0.394 e. The second kappa shape index (κ2) is 8.16. The van der Waals surface area contributed by atoms with Crippen molar-refractivity contribution in [3.8, 4) is 0 Å². The van der Waals surface area contributed by atoms with Crippen molar-refractivity contribution in [2.45, 2.75) is 95.0 Å². The number of fused-ring (bicyclic) bond motifs is 1. The summed E-state index contributed by atoms with van der Waals surface area (Å²) in [5, 5.41) is 60.1. The van der Waals surface area contributed by atoms with Gasteiger partial charge in [0.2, 0.25) is 0 Å². The molecule has 0 spiro atoms. The highest BCUT2D eigenvalue weighted by molar-refractivity contribution is 5.20. The fourth-order valence-electron chi connectivity index (χ4n) is 5.44. The summed E-state index contributed by atoms with van der Waals surface area (Å²) in [5.74, 6) is 0.101. The standard InChI is InChI=1S/C21H36O8/c1-10-12-7-11(5-6-21(12,4)8-13(23)15(10)24)20(2,3)29-19-18(27)17(26)16(25)14(9-22)28-19/h11-19,22-27H,1,5-9H2,2-4H3/t11-,12+,13-,14-,15-,16-,17+,18-,19+,21+/m1/s1. The number of aliphatic hydroxyl groups is 6. The maximum atomic E-state index is 10.3. The van der Waals surface area contributed by atoms with Crippen LogP contribution in [-0.4, -0.2) is 85.8 Å². The lowest BCUT2D eigenvalue weighted by molar-refractivity contribution is -0.330. The smallest absolute Gasteiger partial charge is 0.187 e. The van der Waals surface area contributed by atoms with Crippen molar-refractivity contribution in [3.05, 3.63) is 12.2 Å². The average molecular weight is 417 g/mol. The van der Waals surface area contributed by atoms with Crippen LogP contribution in [0.4, 0.5) is 0 Å². The van der Waals surface area contributed by atoms with E-state index >= 15 is 0 Å². The molecule has 0 amide bonds. The van der Waals surface area contributed by atoms with Crippen LogP contribution in [0.15, 0.2) is 12.2 Å². The summed E-state index contributed by atoms with van der Waals surface area (Å²) in [6.45, 7) is 9.45. The van der Waals surface area contributed by atoms with Gasteiger partial charge in [-0.15, -0.1) is 0 Å². The molecule has 0 aromatic heterocycles. The molecule has 2 saturated carbocycles. The molecule has 0 bridgehead atoms. The van der Waals surface area contributed by atoms with Crippen LogP contribution >= 0.6 is 0 Å². The molecule has 3 rings (SSSR count). The van der Waals surface area contributed by atoms with Crippen LogP contribution in [0.25, 0.3) is 0 Å². The summed E-state index contributed by atoms with van der Waals surface area (Å²) >= 11 is 0. The van der Waals surface area contributed by atoms with Gasteiger partial charge < -0.3 is 40.1 Å². The summed E-state index contributed by atoms with van der Waals surface area (Å²) in [6, 6.07) is 0. The molecule has 3 fully saturated rings. The van der Waals surface area contributed by atoms with E-state index in [1.807, 2.05) is 13.8 Å². The molecule has 2 aliphatic carbocycles. The van der Waals surface area contributed by atoms with Crippen LogP contribution in [0, 0.1) is 17.3 Å². The van der Waals surface area contributed by atoms with Gasteiger partial charge in [-0.1, -0.05) is 13.5 Å². The number of hydrogen-bond donors (Lipinski definition) is 6. The third-order valence-electron chi connectivity index (χ3n) is 7.54. The molecule has 0 aromatic carbocycles. The normalized spacial score (nSPS) is 49.0. The minimum atomic E-state index is -1.48. The zero-order chi connectivity index (χ0) is 21.7. The Labute approximate surface area is 171 Å². The van der Waals surface area contributed by atoms with Gasteiger partial charge in [-0.2, -0.15) is 0 Å². The molecular formula is C21H36O8. The lowest BCUT2D eigenvalue weighted by Crippen LogP contribution is -2.61. The molecule has 6 N–H and O–H groups in total. The minimum Gasteiger partial charge on any atom is -0.394 e. The Hall–Kier alpha value is -0.580. The molecule has 29 heavy (non-hydrogen) atoms. The second-order valence-corrected chi connectivity index (χ2v) is 9.89. The van der Waals surface area contributed by atoms with Crippen molar-refractivity contribution < 1.29 is 40.1 Å². The van der Waals surface area contributed by atoms with Gasteiger partial charge in [0.05, 0.1) is 18.3 Å². The molecule has 8 heteroatoms. The molecule has 8 nitrogen and oxygen atoms in total. The van der Waals surface area contributed by atoms with Crippen LogP contribution in [0.1, 0.15) is 46.5 Å². The molecule has 0 unspecified atom stereocenters. The molecule has 168 valence electrons. The van der Waals surface area contributed by atoms with Crippen molar-refractivity contribution >= 4 is 0 Å². The van der Waals surface area contributed by atoms with Crippen LogP contribution in [0.5, 0.6) is 0 Å². The monoisotopic (exact) mass is 416 g/mol. The van der Waals surface area contributed by atoms with Gasteiger partial charge in [-0.3, -0.25) is 0 Å². The number of ether oxygens (including phenoxy) is 2. The van der Waals surface area contributed by atoms with E-state index in [1.165, 1.54) is 0 Å². The zero-order valence-electron chi connectivity index (χ0n) is 17.4. The van der Waals surface area contributed by atoms with Crippen molar-refractivity contribution in [1.29, 1.82) is 0 Å². The van der Waals surface area contributed by atoms with E-state index in [9.17, 15) is 30.6 Å². The number of aliphatic hydroxyl groups excluding tert-OH is 6. The van der Waals surface area contributed by atoms with E-state index in [-0.39, 0.29) is 17.3 Å². The maximum Gasteiger partial charge on any atom is 0.187 e. The van der Waals surface area contributed by atoms with Gasteiger partial charge in [0, 0.05) is 0 Å². The zero-order valence-corrected chi connectivity index (χ0v) is 17.4. The van der Waals surface area contributed by atoms with Gasteiger partial charge in [-0.25, -0.2) is 0 Å². The van der Waals surface area contributed by atoms with Crippen molar-refractivity contribution in [2.75, 3.05) is 6.61 Å². The average Bonchev–Trinajstić information content (AvgIpc) is 2.66. The highest BCUT2D eigenvalue weighted by atomic mass is 16.7. The summed E-state index contributed by atoms with van der Waals surface area (Å²) in [7, 11) is 0. The molecule has 1 aliphatic heterocycles. The Bertz CT molecular complexity index is 607. The topological polar surface area (TPSA) is 140 Å². The van der Waals surface area contributed by atoms with Crippen molar-refractivity contribution in [1.82, 2.24) is 0 Å².